The lowest BCUT2D eigenvalue weighted by Crippen LogP contribution is -2.47. The Hall–Kier alpha value is -0.770. The third-order valence-electron chi connectivity index (χ3n) is 3.28. The van der Waals surface area contributed by atoms with E-state index in [9.17, 15) is 4.79 Å². The second-order valence-corrected chi connectivity index (χ2v) is 4.64. The molecule has 0 aromatic rings. The highest BCUT2D eigenvalue weighted by atomic mass is 16.2. The maximum absolute atomic E-state index is 11.7. The van der Waals surface area contributed by atoms with Gasteiger partial charge in [-0.3, -0.25) is 0 Å². The molecule has 1 fully saturated rings. The summed E-state index contributed by atoms with van der Waals surface area (Å²) in [4.78, 5) is 11.7. The molecule has 1 aliphatic carbocycles. The predicted octanol–water partition coefficient (Wildman–Crippen LogP) is 1.75. The zero-order valence-corrected chi connectivity index (χ0v) is 10.3. The van der Waals surface area contributed by atoms with E-state index in [1.165, 1.54) is 19.3 Å². The summed E-state index contributed by atoms with van der Waals surface area (Å²) >= 11 is 0. The maximum Gasteiger partial charge on any atom is 0.315 e. The number of nitrogens with one attached hydrogen (secondary N) is 2. The van der Waals surface area contributed by atoms with Crippen molar-refractivity contribution in [1.29, 1.82) is 0 Å². The number of hydrogen-bond donors (Lipinski definition) is 3. The SMILES string of the molecule is CCC(CCN)NC(=O)NC1CCCCC1. The van der Waals surface area contributed by atoms with Crippen molar-refractivity contribution in [2.45, 2.75) is 64.0 Å². The van der Waals surface area contributed by atoms with Crippen LogP contribution >= 0.6 is 0 Å². The zero-order valence-electron chi connectivity index (χ0n) is 10.3. The summed E-state index contributed by atoms with van der Waals surface area (Å²) < 4.78 is 0. The molecule has 16 heavy (non-hydrogen) atoms. The van der Waals surface area contributed by atoms with Gasteiger partial charge in [0.15, 0.2) is 0 Å². The van der Waals surface area contributed by atoms with Gasteiger partial charge in [0.1, 0.15) is 0 Å². The van der Waals surface area contributed by atoms with Crippen molar-refractivity contribution in [1.82, 2.24) is 10.6 Å². The fraction of sp³-hybridized carbons (Fsp3) is 0.917. The van der Waals surface area contributed by atoms with Gasteiger partial charge >= 0.3 is 6.03 Å². The van der Waals surface area contributed by atoms with Gasteiger partial charge in [-0.2, -0.15) is 0 Å². The van der Waals surface area contributed by atoms with E-state index in [0.29, 0.717) is 12.6 Å². The van der Waals surface area contributed by atoms with Gasteiger partial charge in [-0.25, -0.2) is 4.79 Å². The minimum absolute atomic E-state index is 0.0211. The summed E-state index contributed by atoms with van der Waals surface area (Å²) in [7, 11) is 0. The van der Waals surface area contributed by atoms with Crippen LogP contribution in [0.3, 0.4) is 0 Å². The molecule has 0 heterocycles. The van der Waals surface area contributed by atoms with Gasteiger partial charge in [0.2, 0.25) is 0 Å². The standard InChI is InChI=1S/C12H25N3O/c1-2-10(8-9-13)14-12(16)15-11-6-4-3-5-7-11/h10-11H,2-9,13H2,1H3,(H2,14,15,16). The Labute approximate surface area is 98.3 Å². The molecule has 1 saturated carbocycles. The average molecular weight is 227 g/mol. The fourth-order valence-corrected chi connectivity index (χ4v) is 2.24. The van der Waals surface area contributed by atoms with E-state index >= 15 is 0 Å². The first-order valence-electron chi connectivity index (χ1n) is 6.53. The van der Waals surface area contributed by atoms with E-state index < -0.39 is 0 Å². The number of hydrogen-bond acceptors (Lipinski definition) is 2. The van der Waals surface area contributed by atoms with Gasteiger partial charge in [-0.15, -0.1) is 0 Å². The third-order valence-corrected chi connectivity index (χ3v) is 3.28. The van der Waals surface area contributed by atoms with Crippen molar-refractivity contribution in [3.63, 3.8) is 0 Å². The summed E-state index contributed by atoms with van der Waals surface area (Å²) in [5.74, 6) is 0. The molecule has 0 aromatic heterocycles. The van der Waals surface area contributed by atoms with Gasteiger partial charge in [0.05, 0.1) is 0 Å². The molecule has 1 unspecified atom stereocenters. The molecule has 1 atom stereocenters. The van der Waals surface area contributed by atoms with E-state index in [1.807, 2.05) is 0 Å². The molecule has 0 aromatic carbocycles. The summed E-state index contributed by atoms with van der Waals surface area (Å²) in [5, 5.41) is 6.04. The second-order valence-electron chi connectivity index (χ2n) is 4.64. The number of nitrogens with two attached hydrogens (primary N) is 1. The summed E-state index contributed by atoms with van der Waals surface area (Å²) in [6.07, 6.45) is 7.84. The lowest BCUT2D eigenvalue weighted by atomic mass is 9.96. The number of carbonyl (C=O) groups is 1. The Morgan fingerprint density at radius 3 is 2.62 bits per heavy atom. The van der Waals surface area contributed by atoms with Crippen LogP contribution in [0.15, 0.2) is 0 Å². The lowest BCUT2D eigenvalue weighted by Gasteiger charge is -2.24. The quantitative estimate of drug-likeness (QED) is 0.670. The summed E-state index contributed by atoms with van der Waals surface area (Å²) in [6.45, 7) is 2.70. The highest BCUT2D eigenvalue weighted by molar-refractivity contribution is 5.74. The van der Waals surface area contributed by atoms with Crippen LogP contribution in [-0.4, -0.2) is 24.7 Å². The van der Waals surface area contributed by atoms with Crippen molar-refractivity contribution in [3.8, 4) is 0 Å². The number of carbonyl (C=O) groups excluding carboxylic acids is 1. The first kappa shape index (κ1) is 13.3. The van der Waals surface area contributed by atoms with E-state index in [-0.39, 0.29) is 12.1 Å². The Kier molecular flexibility index (Phi) is 6.23. The molecule has 4 heteroatoms. The second kappa shape index (κ2) is 7.49. The molecule has 0 bridgehead atoms. The molecule has 1 rings (SSSR count). The van der Waals surface area contributed by atoms with Crippen LogP contribution < -0.4 is 16.4 Å². The lowest BCUT2D eigenvalue weighted by molar-refractivity contribution is 0.227. The number of amides is 2. The normalized spacial score (nSPS) is 19.1. The van der Waals surface area contributed by atoms with E-state index in [0.717, 1.165) is 25.7 Å². The average Bonchev–Trinajstić information content (AvgIpc) is 2.29. The van der Waals surface area contributed by atoms with Crippen LogP contribution in [0, 0.1) is 0 Å². The maximum atomic E-state index is 11.7. The van der Waals surface area contributed by atoms with Crippen molar-refractivity contribution in [2.75, 3.05) is 6.54 Å². The summed E-state index contributed by atoms with van der Waals surface area (Å²) in [5.41, 5.74) is 5.49. The largest absolute Gasteiger partial charge is 0.335 e. The molecule has 94 valence electrons. The van der Waals surface area contributed by atoms with E-state index in [1.54, 1.807) is 0 Å². The molecule has 0 saturated heterocycles. The molecule has 1 aliphatic rings. The van der Waals surface area contributed by atoms with Gasteiger partial charge in [-0.05, 0) is 32.2 Å². The van der Waals surface area contributed by atoms with Crippen LogP contribution in [-0.2, 0) is 0 Å². The number of rotatable bonds is 5. The number of urea groups is 1. The van der Waals surface area contributed by atoms with Gasteiger partial charge in [0.25, 0.3) is 0 Å². The Bertz CT molecular complexity index is 194. The Balaban J connectivity index is 2.22. The Morgan fingerprint density at radius 1 is 1.38 bits per heavy atom. The smallest absolute Gasteiger partial charge is 0.315 e. The van der Waals surface area contributed by atoms with Crippen molar-refractivity contribution in [3.05, 3.63) is 0 Å². The van der Waals surface area contributed by atoms with Gasteiger partial charge in [0, 0.05) is 12.1 Å². The van der Waals surface area contributed by atoms with Crippen LogP contribution in [0.1, 0.15) is 51.9 Å². The highest BCUT2D eigenvalue weighted by Crippen LogP contribution is 2.17. The minimum Gasteiger partial charge on any atom is -0.335 e. The van der Waals surface area contributed by atoms with Crippen molar-refractivity contribution < 1.29 is 4.79 Å². The minimum atomic E-state index is -0.0211. The van der Waals surface area contributed by atoms with Crippen LogP contribution in [0.2, 0.25) is 0 Å². The zero-order chi connectivity index (χ0) is 11.8. The molecule has 4 nitrogen and oxygen atoms in total. The fourth-order valence-electron chi connectivity index (χ4n) is 2.24. The summed E-state index contributed by atoms with van der Waals surface area (Å²) in [6, 6.07) is 0.574. The Morgan fingerprint density at radius 2 is 2.06 bits per heavy atom. The monoisotopic (exact) mass is 227 g/mol. The van der Waals surface area contributed by atoms with Crippen LogP contribution in [0.4, 0.5) is 4.79 Å². The molecule has 0 aliphatic heterocycles. The highest BCUT2D eigenvalue weighted by Gasteiger charge is 2.16. The first-order valence-corrected chi connectivity index (χ1v) is 6.53. The molecule has 0 radical (unpaired) electrons. The van der Waals surface area contributed by atoms with E-state index in [2.05, 4.69) is 17.6 Å². The van der Waals surface area contributed by atoms with Crippen molar-refractivity contribution in [2.24, 2.45) is 5.73 Å². The van der Waals surface area contributed by atoms with Gasteiger partial charge in [-0.1, -0.05) is 26.2 Å². The molecule has 2 amide bonds. The van der Waals surface area contributed by atoms with Crippen LogP contribution in [0.25, 0.3) is 0 Å². The van der Waals surface area contributed by atoms with Crippen LogP contribution in [0.5, 0.6) is 0 Å². The molecular formula is C12H25N3O. The predicted molar refractivity (Wildman–Crippen MR) is 66.3 cm³/mol. The molecule has 0 spiro atoms. The van der Waals surface area contributed by atoms with Crippen molar-refractivity contribution >= 4 is 6.03 Å². The third kappa shape index (κ3) is 4.84. The van der Waals surface area contributed by atoms with E-state index in [4.69, 9.17) is 5.73 Å². The van der Waals surface area contributed by atoms with Gasteiger partial charge < -0.3 is 16.4 Å². The molecular weight excluding hydrogens is 202 g/mol. The topological polar surface area (TPSA) is 67.1 Å². The first-order chi connectivity index (χ1) is 7.76. The molecule has 4 N–H and O–H groups in total.